The minimum atomic E-state index is -3.59. The second-order valence-electron chi connectivity index (χ2n) is 7.77. The summed E-state index contributed by atoms with van der Waals surface area (Å²) in [5.41, 5.74) is 0. The second kappa shape index (κ2) is 8.93. The monoisotopic (exact) mass is 432 g/mol. The molecule has 0 saturated carbocycles. The number of methoxy groups -OCH3 is 1. The van der Waals surface area contributed by atoms with Crippen LogP contribution in [0.25, 0.3) is 0 Å². The lowest BCUT2D eigenvalue weighted by Gasteiger charge is -2.37. The molecule has 162 valence electrons. The van der Waals surface area contributed by atoms with Gasteiger partial charge in [0.15, 0.2) is 11.5 Å². The van der Waals surface area contributed by atoms with E-state index in [-0.39, 0.29) is 23.6 Å². The number of ether oxygens (including phenoxy) is 2. The van der Waals surface area contributed by atoms with Crippen LogP contribution in [0.3, 0.4) is 0 Å². The molecule has 2 aliphatic heterocycles. The van der Waals surface area contributed by atoms with Crippen molar-refractivity contribution < 1.29 is 23.0 Å². The number of benzene rings is 2. The first-order chi connectivity index (χ1) is 14.5. The van der Waals surface area contributed by atoms with Gasteiger partial charge in [-0.2, -0.15) is 4.31 Å². The summed E-state index contributed by atoms with van der Waals surface area (Å²) in [7, 11) is -1.97. The molecule has 2 atom stereocenters. The summed E-state index contributed by atoms with van der Waals surface area (Å²) < 4.78 is 38.7. The molecule has 4 rings (SSSR count). The summed E-state index contributed by atoms with van der Waals surface area (Å²) in [4.78, 5) is 2.45. The number of rotatable bonds is 6. The van der Waals surface area contributed by atoms with Gasteiger partial charge in [0.2, 0.25) is 10.0 Å². The molecule has 2 aromatic carbocycles. The van der Waals surface area contributed by atoms with Crippen molar-refractivity contribution >= 4 is 10.0 Å². The van der Waals surface area contributed by atoms with Gasteiger partial charge in [-0.3, -0.25) is 4.90 Å². The highest BCUT2D eigenvalue weighted by Crippen LogP contribution is 2.30. The average molecular weight is 433 g/mol. The predicted molar refractivity (Wildman–Crippen MR) is 113 cm³/mol. The molecular weight excluding hydrogens is 404 g/mol. The van der Waals surface area contributed by atoms with Gasteiger partial charge < -0.3 is 14.6 Å². The van der Waals surface area contributed by atoms with Crippen LogP contribution in [0.15, 0.2) is 59.5 Å². The van der Waals surface area contributed by atoms with E-state index in [4.69, 9.17) is 9.47 Å². The van der Waals surface area contributed by atoms with Crippen LogP contribution in [0.1, 0.15) is 12.8 Å². The van der Waals surface area contributed by atoms with E-state index in [1.807, 2.05) is 24.3 Å². The number of sulfonamides is 1. The van der Waals surface area contributed by atoms with Crippen LogP contribution in [0.2, 0.25) is 0 Å². The number of nitrogens with zero attached hydrogens (tertiary/aromatic N) is 2. The Bertz CT molecular complexity index is 945. The average Bonchev–Trinajstić information content (AvgIpc) is 3.18. The van der Waals surface area contributed by atoms with Gasteiger partial charge in [-0.1, -0.05) is 30.3 Å². The summed E-state index contributed by atoms with van der Waals surface area (Å²) in [6.07, 6.45) is 0.995. The third kappa shape index (κ3) is 4.32. The minimum absolute atomic E-state index is 0.0697. The van der Waals surface area contributed by atoms with Crippen molar-refractivity contribution in [3.8, 4) is 11.5 Å². The van der Waals surface area contributed by atoms with Crippen LogP contribution in [0.5, 0.6) is 11.5 Å². The zero-order chi connectivity index (χ0) is 21.1. The van der Waals surface area contributed by atoms with Gasteiger partial charge in [-0.25, -0.2) is 8.42 Å². The Hall–Kier alpha value is -2.13. The molecule has 2 fully saturated rings. The van der Waals surface area contributed by atoms with Crippen molar-refractivity contribution in [2.45, 2.75) is 36.0 Å². The predicted octanol–water partition coefficient (Wildman–Crippen LogP) is 1.97. The topological polar surface area (TPSA) is 79.3 Å². The van der Waals surface area contributed by atoms with Crippen LogP contribution in [-0.4, -0.2) is 74.3 Å². The molecule has 2 aliphatic rings. The van der Waals surface area contributed by atoms with Crippen molar-refractivity contribution in [2.24, 2.45) is 0 Å². The summed E-state index contributed by atoms with van der Waals surface area (Å²) in [5, 5.41) is 10.6. The second-order valence-corrected chi connectivity index (χ2v) is 9.71. The van der Waals surface area contributed by atoms with Gasteiger partial charge in [0.1, 0.15) is 6.10 Å². The van der Waals surface area contributed by atoms with Crippen LogP contribution < -0.4 is 9.47 Å². The van der Waals surface area contributed by atoms with Crippen molar-refractivity contribution in [2.75, 3.05) is 33.3 Å². The van der Waals surface area contributed by atoms with E-state index in [1.165, 1.54) is 4.31 Å². The number of piperidine rings is 1. The summed E-state index contributed by atoms with van der Waals surface area (Å²) in [5.74, 6) is 1.45. The van der Waals surface area contributed by atoms with E-state index in [0.717, 1.165) is 31.7 Å². The Morgan fingerprint density at radius 2 is 1.57 bits per heavy atom. The van der Waals surface area contributed by atoms with Gasteiger partial charge in [-0.05, 0) is 37.1 Å². The van der Waals surface area contributed by atoms with Crippen molar-refractivity contribution in [3.63, 3.8) is 0 Å². The molecule has 8 heteroatoms. The first kappa shape index (κ1) is 21.1. The van der Waals surface area contributed by atoms with Crippen LogP contribution in [0, 0.1) is 0 Å². The molecule has 0 bridgehead atoms. The highest BCUT2D eigenvalue weighted by Gasteiger charge is 2.42. The number of para-hydroxylation sites is 2. The lowest BCUT2D eigenvalue weighted by Crippen LogP contribution is -2.49. The van der Waals surface area contributed by atoms with E-state index >= 15 is 0 Å². The molecule has 0 unspecified atom stereocenters. The standard InChI is InChI=1S/C22H28N2O5S/c1-28-21-9-5-6-10-22(21)29-17-11-13-23(14-12-17)19-15-24(16-20(19)25)30(26,27)18-7-3-2-4-8-18/h2-10,17,19-20,25H,11-16H2,1H3/t19-,20-/m1/s1. The number of hydrogen-bond acceptors (Lipinski definition) is 6. The van der Waals surface area contributed by atoms with Gasteiger partial charge in [-0.15, -0.1) is 0 Å². The maximum Gasteiger partial charge on any atom is 0.243 e. The molecule has 7 nitrogen and oxygen atoms in total. The molecule has 30 heavy (non-hydrogen) atoms. The number of aliphatic hydroxyl groups is 1. The van der Waals surface area contributed by atoms with Gasteiger partial charge in [0.25, 0.3) is 0 Å². The molecular formula is C22H28N2O5S. The van der Waals surface area contributed by atoms with Crippen LogP contribution in [-0.2, 0) is 10.0 Å². The molecule has 0 spiro atoms. The smallest absolute Gasteiger partial charge is 0.243 e. The Morgan fingerprint density at radius 1 is 0.933 bits per heavy atom. The molecule has 2 saturated heterocycles. The highest BCUT2D eigenvalue weighted by atomic mass is 32.2. The lowest BCUT2D eigenvalue weighted by atomic mass is 10.0. The van der Waals surface area contributed by atoms with E-state index in [2.05, 4.69) is 4.90 Å². The number of aliphatic hydroxyl groups excluding tert-OH is 1. The Kier molecular flexibility index (Phi) is 6.29. The van der Waals surface area contributed by atoms with Crippen LogP contribution in [0.4, 0.5) is 0 Å². The zero-order valence-electron chi connectivity index (χ0n) is 17.1. The van der Waals surface area contributed by atoms with Crippen molar-refractivity contribution in [1.82, 2.24) is 9.21 Å². The van der Waals surface area contributed by atoms with Gasteiger partial charge >= 0.3 is 0 Å². The molecule has 2 heterocycles. The number of hydrogen-bond donors (Lipinski definition) is 1. The van der Waals surface area contributed by atoms with Crippen molar-refractivity contribution in [1.29, 1.82) is 0 Å². The Morgan fingerprint density at radius 3 is 2.23 bits per heavy atom. The molecule has 0 amide bonds. The first-order valence-electron chi connectivity index (χ1n) is 10.3. The SMILES string of the molecule is COc1ccccc1OC1CCN([C@@H]2CN(S(=O)(=O)c3ccccc3)C[C@H]2O)CC1. The maximum absolute atomic E-state index is 12.9. The molecule has 0 aromatic heterocycles. The fourth-order valence-electron chi connectivity index (χ4n) is 4.25. The summed E-state index contributed by atoms with van der Waals surface area (Å²) >= 11 is 0. The molecule has 2 aromatic rings. The van der Waals surface area contributed by atoms with E-state index in [0.29, 0.717) is 12.3 Å². The Labute approximate surface area is 177 Å². The number of β-amino-alcohol motifs (C(OH)–C–C–N with tert-alkyl or cyclic N) is 1. The first-order valence-corrected chi connectivity index (χ1v) is 11.7. The fraction of sp³-hybridized carbons (Fsp3) is 0.455. The quantitative estimate of drug-likeness (QED) is 0.752. The minimum Gasteiger partial charge on any atom is -0.493 e. The summed E-state index contributed by atoms with van der Waals surface area (Å²) in [6, 6.07) is 15.8. The number of likely N-dealkylation sites (tertiary alicyclic amines) is 1. The molecule has 0 radical (unpaired) electrons. The third-order valence-corrected chi connectivity index (χ3v) is 7.76. The van der Waals surface area contributed by atoms with Gasteiger partial charge in [0.05, 0.1) is 24.2 Å². The molecule has 0 aliphatic carbocycles. The third-order valence-electron chi connectivity index (χ3n) is 5.91. The van der Waals surface area contributed by atoms with E-state index in [9.17, 15) is 13.5 Å². The molecule has 1 N–H and O–H groups in total. The van der Waals surface area contributed by atoms with Crippen LogP contribution >= 0.6 is 0 Å². The summed E-state index contributed by atoms with van der Waals surface area (Å²) in [6.45, 7) is 1.93. The largest absolute Gasteiger partial charge is 0.493 e. The highest BCUT2D eigenvalue weighted by molar-refractivity contribution is 7.89. The Balaban J connectivity index is 1.36. The van der Waals surface area contributed by atoms with Crippen molar-refractivity contribution in [3.05, 3.63) is 54.6 Å². The maximum atomic E-state index is 12.9. The fourth-order valence-corrected chi connectivity index (χ4v) is 5.75. The normalized spacial score (nSPS) is 24.1. The van der Waals surface area contributed by atoms with E-state index in [1.54, 1.807) is 37.4 Å². The lowest BCUT2D eigenvalue weighted by molar-refractivity contribution is 0.0356. The zero-order valence-corrected chi connectivity index (χ0v) is 17.9. The van der Waals surface area contributed by atoms with Gasteiger partial charge in [0, 0.05) is 26.2 Å². The van der Waals surface area contributed by atoms with E-state index < -0.39 is 16.1 Å².